The summed E-state index contributed by atoms with van der Waals surface area (Å²) in [5.74, 6) is 0.522. The fraction of sp³-hybridized carbons (Fsp3) is 0.542. The van der Waals surface area contributed by atoms with E-state index in [4.69, 9.17) is 14.5 Å². The second-order valence-electron chi connectivity index (χ2n) is 7.98. The number of amidine groups is 1. The van der Waals surface area contributed by atoms with E-state index in [0.29, 0.717) is 44.0 Å². The van der Waals surface area contributed by atoms with Gasteiger partial charge in [-0.05, 0) is 31.0 Å². The summed E-state index contributed by atoms with van der Waals surface area (Å²) in [4.78, 5) is 17.9. The van der Waals surface area contributed by atoms with E-state index in [2.05, 4.69) is 12.0 Å². The van der Waals surface area contributed by atoms with E-state index in [1.807, 2.05) is 43.1 Å². The van der Waals surface area contributed by atoms with Crippen LogP contribution in [0.4, 0.5) is 5.69 Å². The number of aliphatic hydroxyl groups is 1. The number of aromatic nitrogens is 2. The molecule has 2 heterocycles. The van der Waals surface area contributed by atoms with E-state index in [-0.39, 0.29) is 0 Å². The Morgan fingerprint density at radius 2 is 1.94 bits per heavy atom. The van der Waals surface area contributed by atoms with Gasteiger partial charge in [-0.15, -0.1) is 0 Å². The van der Waals surface area contributed by atoms with Crippen LogP contribution in [0.15, 0.2) is 29.3 Å². The highest BCUT2D eigenvalue weighted by Gasteiger charge is 2.32. The molecule has 9 heteroatoms. The van der Waals surface area contributed by atoms with Crippen molar-refractivity contribution in [2.75, 3.05) is 19.8 Å². The summed E-state index contributed by atoms with van der Waals surface area (Å²) in [7, 11) is 1.84. The fourth-order valence-corrected chi connectivity index (χ4v) is 4.03. The topological polar surface area (TPSA) is 109 Å². The zero-order chi connectivity index (χ0) is 24.0. The Kier molecular flexibility index (Phi) is 8.46. The monoisotopic (exact) mass is 458 g/mol. The van der Waals surface area contributed by atoms with Crippen LogP contribution < -0.4 is 4.74 Å². The third-order valence-corrected chi connectivity index (χ3v) is 5.64. The molecule has 2 aromatic rings. The van der Waals surface area contributed by atoms with Crippen molar-refractivity contribution in [3.05, 3.63) is 41.2 Å². The molecule has 33 heavy (non-hydrogen) atoms. The van der Waals surface area contributed by atoms with Crippen LogP contribution in [0.25, 0.3) is 0 Å². The molecule has 3 rings (SSSR count). The maximum Gasteiger partial charge on any atom is 0.333 e. The third kappa shape index (κ3) is 5.72. The van der Waals surface area contributed by atoms with Gasteiger partial charge in [0, 0.05) is 26.5 Å². The minimum atomic E-state index is -0.968. The van der Waals surface area contributed by atoms with Crippen LogP contribution in [-0.2, 0) is 29.4 Å². The van der Waals surface area contributed by atoms with Crippen molar-refractivity contribution in [1.82, 2.24) is 14.7 Å². The van der Waals surface area contributed by atoms with Gasteiger partial charge in [-0.2, -0.15) is 5.10 Å². The smallest absolute Gasteiger partial charge is 0.333 e. The molecule has 1 aliphatic rings. The normalized spacial score (nSPS) is 16.3. The predicted molar refractivity (Wildman–Crippen MR) is 125 cm³/mol. The molecular formula is C24H34N4O5. The van der Waals surface area contributed by atoms with Crippen LogP contribution in [0, 0.1) is 0 Å². The van der Waals surface area contributed by atoms with Crippen LogP contribution in [-0.4, -0.2) is 62.6 Å². The highest BCUT2D eigenvalue weighted by atomic mass is 16.5. The quantitative estimate of drug-likeness (QED) is 0.502. The maximum absolute atomic E-state index is 11.3. The minimum Gasteiger partial charge on any atom is -0.492 e. The van der Waals surface area contributed by atoms with E-state index in [1.54, 1.807) is 11.6 Å². The number of rotatable bonds is 12. The number of carbonyl (C=O) groups is 1. The van der Waals surface area contributed by atoms with E-state index < -0.39 is 18.3 Å². The van der Waals surface area contributed by atoms with Gasteiger partial charge in [0.2, 0.25) is 0 Å². The van der Waals surface area contributed by atoms with Crippen molar-refractivity contribution < 1.29 is 24.5 Å². The lowest BCUT2D eigenvalue weighted by Gasteiger charge is -2.34. The molecule has 2 atom stereocenters. The van der Waals surface area contributed by atoms with Gasteiger partial charge in [-0.3, -0.25) is 4.68 Å². The molecule has 0 spiro atoms. The molecule has 0 aliphatic carbocycles. The fourth-order valence-electron chi connectivity index (χ4n) is 4.03. The minimum absolute atomic E-state index is 0.298. The van der Waals surface area contributed by atoms with Gasteiger partial charge in [-0.1, -0.05) is 32.4 Å². The lowest BCUT2D eigenvalue weighted by molar-refractivity contribution is -0.149. The third-order valence-electron chi connectivity index (χ3n) is 5.64. The molecule has 0 saturated carbocycles. The van der Waals surface area contributed by atoms with E-state index in [1.165, 1.54) is 0 Å². The molecule has 9 nitrogen and oxygen atoms in total. The lowest BCUT2D eigenvalue weighted by atomic mass is 10.1. The molecule has 0 bridgehead atoms. The first-order valence-electron chi connectivity index (χ1n) is 11.5. The largest absolute Gasteiger partial charge is 0.492 e. The van der Waals surface area contributed by atoms with Gasteiger partial charge in [0.1, 0.15) is 29.6 Å². The van der Waals surface area contributed by atoms with Gasteiger partial charge in [-0.25, -0.2) is 9.79 Å². The van der Waals surface area contributed by atoms with Gasteiger partial charge in [0.25, 0.3) is 0 Å². The zero-order valence-corrected chi connectivity index (χ0v) is 19.8. The summed E-state index contributed by atoms with van der Waals surface area (Å²) >= 11 is 0. The molecule has 0 saturated heterocycles. The van der Waals surface area contributed by atoms with E-state index in [9.17, 15) is 15.0 Å². The van der Waals surface area contributed by atoms with E-state index >= 15 is 0 Å². The molecular weight excluding hydrogens is 424 g/mol. The second kappa shape index (κ2) is 11.3. The number of fused-ring (bicyclic) bond motifs is 1. The van der Waals surface area contributed by atoms with Gasteiger partial charge >= 0.3 is 5.97 Å². The van der Waals surface area contributed by atoms with E-state index in [0.717, 1.165) is 35.6 Å². The molecule has 0 radical (unpaired) electrons. The average molecular weight is 459 g/mol. The molecule has 2 N–H and O–H groups in total. The number of benzene rings is 1. The number of aliphatic hydroxyl groups excluding tert-OH is 1. The number of aryl methyl sites for hydroxylation is 2. The first kappa shape index (κ1) is 24.7. The molecule has 0 fully saturated rings. The molecule has 0 amide bonds. The summed E-state index contributed by atoms with van der Waals surface area (Å²) < 4.78 is 12.9. The average Bonchev–Trinajstić information content (AvgIpc) is 3.11. The molecule has 1 unspecified atom stereocenters. The van der Waals surface area contributed by atoms with Crippen LogP contribution in [0.2, 0.25) is 0 Å². The Morgan fingerprint density at radius 1 is 1.21 bits per heavy atom. The summed E-state index contributed by atoms with van der Waals surface area (Å²) in [6.07, 6.45) is 1.10. The van der Waals surface area contributed by atoms with Crippen molar-refractivity contribution in [2.45, 2.75) is 58.8 Å². The van der Waals surface area contributed by atoms with Crippen molar-refractivity contribution in [3.8, 4) is 5.75 Å². The van der Waals surface area contributed by atoms with Crippen LogP contribution >= 0.6 is 0 Å². The van der Waals surface area contributed by atoms with Gasteiger partial charge < -0.3 is 24.6 Å². The summed E-state index contributed by atoms with van der Waals surface area (Å²) in [6.45, 7) is 7.08. The zero-order valence-electron chi connectivity index (χ0n) is 19.8. The lowest BCUT2D eigenvalue weighted by Crippen LogP contribution is -2.40. The number of nitrogens with zero attached hydrogens (tertiary/aromatic N) is 4. The van der Waals surface area contributed by atoms with Crippen LogP contribution in [0.5, 0.6) is 5.75 Å². The highest BCUT2D eigenvalue weighted by molar-refractivity contribution is 5.87. The number of carboxylic acids is 1. The SMILES string of the molecule is CCCc1nn(C)c2c1N=C(CC)N(CCOc1ccc(C[C@H](OCC)C(=O)O)cc1)C2O. The highest BCUT2D eigenvalue weighted by Crippen LogP contribution is 2.36. The number of hydrogen-bond donors (Lipinski definition) is 2. The number of aliphatic carboxylic acids is 1. The number of carboxylic acid groups (broad SMARTS) is 1. The Balaban J connectivity index is 1.62. The van der Waals surface area contributed by atoms with Crippen molar-refractivity contribution >= 4 is 17.5 Å². The first-order chi connectivity index (χ1) is 15.9. The Hall–Kier alpha value is -2.91. The number of aliphatic imine (C=N–C) groups is 1. The molecule has 1 aliphatic heterocycles. The van der Waals surface area contributed by atoms with Gasteiger partial charge in [0.15, 0.2) is 12.3 Å². The van der Waals surface area contributed by atoms with Crippen molar-refractivity contribution in [1.29, 1.82) is 0 Å². The standard InChI is InChI=1S/C24H34N4O5/c1-5-8-18-21-22(27(4)26-18)23(29)28(20(6-2)25-21)13-14-33-17-11-9-16(10-12-17)15-19(24(30)31)32-7-3/h9-12,19,23,29H,5-8,13-15H2,1-4H3,(H,30,31)/t19-,23?/m0/s1. The first-order valence-corrected chi connectivity index (χ1v) is 11.5. The van der Waals surface area contributed by atoms with Crippen molar-refractivity contribution in [3.63, 3.8) is 0 Å². The summed E-state index contributed by atoms with van der Waals surface area (Å²) in [5.41, 5.74) is 3.29. The Bertz CT molecular complexity index is 970. The number of ether oxygens (including phenoxy) is 2. The van der Waals surface area contributed by atoms with Crippen LogP contribution in [0.3, 0.4) is 0 Å². The Morgan fingerprint density at radius 3 is 2.55 bits per heavy atom. The summed E-state index contributed by atoms with van der Waals surface area (Å²) in [6, 6.07) is 7.32. The second-order valence-corrected chi connectivity index (χ2v) is 7.98. The Labute approximate surface area is 194 Å². The molecule has 1 aromatic heterocycles. The molecule has 1 aromatic carbocycles. The van der Waals surface area contributed by atoms with Crippen LogP contribution in [0.1, 0.15) is 56.8 Å². The number of hydrogen-bond acceptors (Lipinski definition) is 7. The van der Waals surface area contributed by atoms with Gasteiger partial charge in [0.05, 0.1) is 12.2 Å². The maximum atomic E-state index is 11.3. The molecule has 180 valence electrons. The summed E-state index contributed by atoms with van der Waals surface area (Å²) in [5, 5.41) is 24.9. The van der Waals surface area contributed by atoms with Crippen molar-refractivity contribution in [2.24, 2.45) is 12.0 Å². The predicted octanol–water partition coefficient (Wildman–Crippen LogP) is 3.23.